The maximum absolute atomic E-state index is 14.2. The summed E-state index contributed by atoms with van der Waals surface area (Å²) in [5.41, 5.74) is 2.52. The molecule has 1 fully saturated rings. The van der Waals surface area contributed by atoms with E-state index in [1.165, 1.54) is 11.0 Å². The van der Waals surface area contributed by atoms with Crippen LogP contribution in [0.15, 0.2) is 48.6 Å². The van der Waals surface area contributed by atoms with Gasteiger partial charge in [0.1, 0.15) is 11.9 Å². The molecule has 2 aromatic heterocycles. The molecule has 1 saturated heterocycles. The van der Waals surface area contributed by atoms with Crippen molar-refractivity contribution in [2.45, 2.75) is 32.9 Å². The van der Waals surface area contributed by atoms with Crippen LogP contribution < -0.4 is 4.74 Å². The third-order valence-electron chi connectivity index (χ3n) is 5.51. The number of carbonyl (C=O) groups is 1. The van der Waals surface area contributed by atoms with E-state index in [0.717, 1.165) is 17.4 Å². The van der Waals surface area contributed by atoms with Crippen LogP contribution in [0.25, 0.3) is 11.8 Å². The van der Waals surface area contributed by atoms with Crippen LogP contribution in [-0.2, 0) is 9.53 Å². The molecule has 3 aromatic rings. The van der Waals surface area contributed by atoms with E-state index in [1.54, 1.807) is 32.5 Å². The molecule has 0 unspecified atom stereocenters. The van der Waals surface area contributed by atoms with E-state index >= 15 is 0 Å². The summed E-state index contributed by atoms with van der Waals surface area (Å²) in [6.07, 6.45) is 4.89. The molecule has 1 aliphatic rings. The molecule has 3 heterocycles. The van der Waals surface area contributed by atoms with Gasteiger partial charge in [-0.15, -0.1) is 0 Å². The van der Waals surface area contributed by atoms with E-state index in [1.807, 2.05) is 36.7 Å². The smallest absolute Gasteiger partial charge is 0.289 e. The minimum atomic E-state index is -0.935. The molecule has 4 rings (SSSR count). The number of carbonyl (C=O) groups excluding carboxylic acids is 1. The third-order valence-corrected chi connectivity index (χ3v) is 5.51. The normalized spacial score (nSPS) is 18.4. The van der Waals surface area contributed by atoms with Crippen LogP contribution in [0.2, 0.25) is 0 Å². The lowest BCUT2D eigenvalue weighted by molar-refractivity contribution is -0.141. The second-order valence-electron chi connectivity index (χ2n) is 7.94. The Balaban J connectivity index is 1.64. The summed E-state index contributed by atoms with van der Waals surface area (Å²) in [4.78, 5) is 22.2. The molecular weight excluding hydrogens is 430 g/mol. The van der Waals surface area contributed by atoms with Crippen molar-refractivity contribution in [3.63, 3.8) is 0 Å². The Labute approximate surface area is 190 Å². The van der Waals surface area contributed by atoms with E-state index in [9.17, 15) is 13.6 Å². The summed E-state index contributed by atoms with van der Waals surface area (Å²) in [6, 6.07) is 7.24. The van der Waals surface area contributed by atoms with Crippen LogP contribution in [0.1, 0.15) is 36.7 Å². The van der Waals surface area contributed by atoms with Gasteiger partial charge in [0.05, 0.1) is 37.4 Å². The van der Waals surface area contributed by atoms with Crippen molar-refractivity contribution in [3.05, 3.63) is 77.3 Å². The molecule has 1 aliphatic heterocycles. The number of imidazole rings is 1. The van der Waals surface area contributed by atoms with Gasteiger partial charge in [-0.05, 0) is 56.7 Å². The number of morpholine rings is 1. The summed E-state index contributed by atoms with van der Waals surface area (Å²) < 4.78 is 40.6. The number of aromatic nitrogens is 3. The molecule has 0 aliphatic carbocycles. The molecule has 0 bridgehead atoms. The standard InChI is InChI=1S/C24H24F2N4O3/c1-14-11-29(13-27-14)19-7-5-17(9-20(19)32-4)10-21-24(31)30(12-15(2)33-21)16(3)18-6-8-22(25)28-23(18)26/h5-11,13,15-16H,12H2,1-4H3/t15-,16+/m1/s1. The summed E-state index contributed by atoms with van der Waals surface area (Å²) in [6.45, 7) is 5.66. The minimum Gasteiger partial charge on any atom is -0.495 e. The number of hydrogen-bond donors (Lipinski definition) is 0. The van der Waals surface area contributed by atoms with Crippen molar-refractivity contribution in [2.75, 3.05) is 13.7 Å². The van der Waals surface area contributed by atoms with Crippen molar-refractivity contribution in [3.8, 4) is 11.4 Å². The number of amides is 1. The highest BCUT2D eigenvalue weighted by atomic mass is 19.1. The molecule has 0 saturated carbocycles. The lowest BCUT2D eigenvalue weighted by atomic mass is 10.1. The lowest BCUT2D eigenvalue weighted by Crippen LogP contribution is -2.45. The highest BCUT2D eigenvalue weighted by Gasteiger charge is 2.34. The van der Waals surface area contributed by atoms with E-state index in [4.69, 9.17) is 9.47 Å². The van der Waals surface area contributed by atoms with E-state index in [-0.39, 0.29) is 24.0 Å². The molecule has 9 heteroatoms. The molecule has 1 amide bonds. The Morgan fingerprint density at radius 2 is 2.06 bits per heavy atom. The number of pyridine rings is 1. The topological polar surface area (TPSA) is 69.5 Å². The first-order valence-corrected chi connectivity index (χ1v) is 10.5. The number of ether oxygens (including phenoxy) is 2. The van der Waals surface area contributed by atoms with E-state index in [2.05, 4.69) is 9.97 Å². The summed E-state index contributed by atoms with van der Waals surface area (Å²) in [5.74, 6) is -1.51. The number of halogens is 2. The molecule has 172 valence electrons. The molecule has 2 atom stereocenters. The Kier molecular flexibility index (Phi) is 6.13. The van der Waals surface area contributed by atoms with E-state index < -0.39 is 23.8 Å². The molecule has 1 aromatic carbocycles. The highest BCUT2D eigenvalue weighted by Crippen LogP contribution is 2.30. The zero-order chi connectivity index (χ0) is 23.7. The van der Waals surface area contributed by atoms with Crippen molar-refractivity contribution in [2.24, 2.45) is 0 Å². The number of methoxy groups -OCH3 is 1. The van der Waals surface area contributed by atoms with Crippen LogP contribution in [0.3, 0.4) is 0 Å². The van der Waals surface area contributed by atoms with Gasteiger partial charge in [0.15, 0.2) is 5.76 Å². The Hall–Kier alpha value is -3.75. The van der Waals surface area contributed by atoms with Crippen molar-refractivity contribution in [1.82, 2.24) is 19.4 Å². The first kappa shape index (κ1) is 22.4. The largest absolute Gasteiger partial charge is 0.495 e. The van der Waals surface area contributed by atoms with E-state index in [0.29, 0.717) is 11.3 Å². The fraction of sp³-hybridized carbons (Fsp3) is 0.292. The van der Waals surface area contributed by atoms with Gasteiger partial charge in [-0.3, -0.25) is 4.79 Å². The third kappa shape index (κ3) is 4.57. The molecule has 0 radical (unpaired) electrons. The molecular formula is C24H24F2N4O3. The predicted octanol–water partition coefficient (Wildman–Crippen LogP) is 4.21. The van der Waals surface area contributed by atoms with Gasteiger partial charge in [-0.25, -0.2) is 4.98 Å². The summed E-state index contributed by atoms with van der Waals surface area (Å²) in [5, 5.41) is 0. The zero-order valence-corrected chi connectivity index (χ0v) is 18.8. The van der Waals surface area contributed by atoms with Crippen LogP contribution in [0, 0.1) is 18.8 Å². The number of aryl methyl sites for hydroxylation is 1. The second-order valence-corrected chi connectivity index (χ2v) is 7.94. The maximum atomic E-state index is 14.2. The maximum Gasteiger partial charge on any atom is 0.289 e. The van der Waals surface area contributed by atoms with Gasteiger partial charge in [0, 0.05) is 11.8 Å². The number of nitrogens with zero attached hydrogens (tertiary/aromatic N) is 4. The monoisotopic (exact) mass is 454 g/mol. The van der Waals surface area contributed by atoms with Gasteiger partial charge in [0.25, 0.3) is 5.91 Å². The predicted molar refractivity (Wildman–Crippen MR) is 118 cm³/mol. The van der Waals surface area contributed by atoms with Gasteiger partial charge in [0.2, 0.25) is 11.9 Å². The first-order valence-electron chi connectivity index (χ1n) is 10.5. The van der Waals surface area contributed by atoms with Crippen LogP contribution in [0.5, 0.6) is 5.75 Å². The summed E-state index contributed by atoms with van der Waals surface area (Å²) in [7, 11) is 1.57. The molecule has 7 nitrogen and oxygen atoms in total. The van der Waals surface area contributed by atoms with Crippen molar-refractivity contribution < 1.29 is 23.0 Å². The number of rotatable bonds is 5. The van der Waals surface area contributed by atoms with Crippen LogP contribution in [-0.4, -0.2) is 45.1 Å². The second kappa shape index (κ2) is 9.01. The Bertz CT molecular complexity index is 1220. The Morgan fingerprint density at radius 1 is 1.27 bits per heavy atom. The number of benzene rings is 1. The van der Waals surface area contributed by atoms with Gasteiger partial charge in [-0.1, -0.05) is 6.07 Å². The fourth-order valence-corrected chi connectivity index (χ4v) is 3.84. The van der Waals surface area contributed by atoms with Crippen molar-refractivity contribution >= 4 is 12.0 Å². The van der Waals surface area contributed by atoms with Gasteiger partial charge < -0.3 is 18.9 Å². The van der Waals surface area contributed by atoms with Crippen molar-refractivity contribution in [1.29, 1.82) is 0 Å². The van der Waals surface area contributed by atoms with Gasteiger partial charge in [-0.2, -0.15) is 13.8 Å². The SMILES string of the molecule is COc1cc(C=C2O[C@H](C)CN([C@@H](C)c3ccc(F)nc3F)C2=O)ccc1-n1cnc(C)c1. The fourth-order valence-electron chi connectivity index (χ4n) is 3.84. The highest BCUT2D eigenvalue weighted by molar-refractivity contribution is 5.96. The molecule has 0 spiro atoms. The minimum absolute atomic E-state index is 0.129. The molecule has 33 heavy (non-hydrogen) atoms. The average Bonchev–Trinajstić information content (AvgIpc) is 3.21. The average molecular weight is 454 g/mol. The quantitative estimate of drug-likeness (QED) is 0.427. The van der Waals surface area contributed by atoms with Gasteiger partial charge >= 0.3 is 0 Å². The number of hydrogen-bond acceptors (Lipinski definition) is 5. The Morgan fingerprint density at radius 3 is 2.73 bits per heavy atom. The molecule has 0 N–H and O–H groups in total. The zero-order valence-electron chi connectivity index (χ0n) is 18.8. The van der Waals surface area contributed by atoms with Crippen LogP contribution in [0.4, 0.5) is 8.78 Å². The lowest BCUT2D eigenvalue weighted by Gasteiger charge is -2.37. The van der Waals surface area contributed by atoms with Crippen LogP contribution >= 0.6 is 0 Å². The first-order chi connectivity index (χ1) is 15.8. The summed E-state index contributed by atoms with van der Waals surface area (Å²) >= 11 is 0.